The third-order valence-corrected chi connectivity index (χ3v) is 0.742. The third kappa shape index (κ3) is 3.33. The van der Waals surface area contributed by atoms with Crippen molar-refractivity contribution < 1.29 is 14.7 Å². The van der Waals surface area contributed by atoms with Crippen LogP contribution in [0.4, 0.5) is 4.79 Å². The van der Waals surface area contributed by atoms with Crippen molar-refractivity contribution in [1.82, 2.24) is 4.90 Å². The fourth-order valence-electron chi connectivity index (χ4n) is 0.272. The average Bonchev–Trinajstić information content (AvgIpc) is 1.63. The summed E-state index contributed by atoms with van der Waals surface area (Å²) < 4.78 is 0. The molecule has 0 aromatic carbocycles. The molecule has 0 atom stereocenters. The van der Waals surface area contributed by atoms with E-state index in [0.717, 1.165) is 4.90 Å². The van der Waals surface area contributed by atoms with Gasteiger partial charge in [0.2, 0.25) is 0 Å². The van der Waals surface area contributed by atoms with E-state index in [1.807, 2.05) is 0 Å². The number of amides is 2. The molecule has 2 N–H and O–H groups in total. The quantitative estimate of drug-likeness (QED) is 0.459. The Labute approximate surface area is 52.1 Å². The lowest BCUT2D eigenvalue weighted by Crippen LogP contribution is -2.41. The van der Waals surface area contributed by atoms with Crippen LogP contribution in [0.3, 0.4) is 0 Å². The van der Waals surface area contributed by atoms with Crippen molar-refractivity contribution in [1.29, 1.82) is 0 Å². The minimum atomic E-state index is -1.32. The van der Waals surface area contributed by atoms with Crippen molar-refractivity contribution >= 4 is 12.0 Å². The fourth-order valence-corrected chi connectivity index (χ4v) is 0.272. The molecule has 0 saturated heterocycles. The van der Waals surface area contributed by atoms with Crippen LogP contribution in [-0.4, -0.2) is 30.5 Å². The van der Waals surface area contributed by atoms with E-state index in [0.29, 0.717) is 0 Å². The molecule has 0 radical (unpaired) electrons. The van der Waals surface area contributed by atoms with Crippen LogP contribution in [0.25, 0.3) is 0 Å². The van der Waals surface area contributed by atoms with Gasteiger partial charge in [-0.2, -0.15) is 0 Å². The summed E-state index contributed by atoms with van der Waals surface area (Å²) in [6.45, 7) is -0.463. The second-order valence-electron chi connectivity index (χ2n) is 1.57. The number of hydrogen-bond acceptors (Lipinski definition) is 3. The van der Waals surface area contributed by atoms with Crippen LogP contribution in [0.15, 0.2) is 0 Å². The zero-order valence-electron chi connectivity index (χ0n) is 4.96. The minimum Gasteiger partial charge on any atom is -0.548 e. The summed E-state index contributed by atoms with van der Waals surface area (Å²) in [7, 11) is 1.28. The molecule has 0 aliphatic carbocycles. The molecule has 5 heteroatoms. The lowest BCUT2D eigenvalue weighted by molar-refractivity contribution is -0.305. The summed E-state index contributed by atoms with van der Waals surface area (Å²) in [6.07, 6.45) is 0. The fraction of sp³-hybridized carbons (Fsp3) is 0.500. The number of carbonyl (C=O) groups is 2. The molecule has 52 valence electrons. The molecule has 0 aliphatic heterocycles. The molecular formula is C4H7N2O3-. The van der Waals surface area contributed by atoms with Crippen LogP contribution in [-0.2, 0) is 4.79 Å². The highest BCUT2D eigenvalue weighted by Gasteiger charge is 2.00. The Kier molecular flexibility index (Phi) is 2.50. The Morgan fingerprint density at radius 1 is 1.67 bits per heavy atom. The number of primary amides is 1. The number of urea groups is 1. The number of aliphatic carboxylic acids is 1. The molecule has 0 rings (SSSR count). The van der Waals surface area contributed by atoms with Crippen molar-refractivity contribution in [2.45, 2.75) is 0 Å². The standard InChI is InChI=1S/C4H8N2O3/c1-6(4(5)9)2-3(7)8/h2H2,1H3,(H2,5,9)(H,7,8)/p-1. The summed E-state index contributed by atoms with van der Waals surface area (Å²) >= 11 is 0. The van der Waals surface area contributed by atoms with E-state index in [9.17, 15) is 14.7 Å². The highest BCUT2D eigenvalue weighted by Crippen LogP contribution is 1.76. The zero-order chi connectivity index (χ0) is 7.44. The van der Waals surface area contributed by atoms with Crippen molar-refractivity contribution in [3.8, 4) is 0 Å². The van der Waals surface area contributed by atoms with Gasteiger partial charge in [0.1, 0.15) is 0 Å². The van der Waals surface area contributed by atoms with Gasteiger partial charge in [-0.1, -0.05) is 0 Å². The van der Waals surface area contributed by atoms with Crippen molar-refractivity contribution in [2.24, 2.45) is 5.73 Å². The maximum absolute atomic E-state index is 10.1. The number of nitrogens with two attached hydrogens (primary N) is 1. The molecule has 0 bridgehead atoms. The Bertz CT molecular complexity index is 134. The zero-order valence-corrected chi connectivity index (χ0v) is 4.96. The highest BCUT2D eigenvalue weighted by atomic mass is 16.4. The second-order valence-corrected chi connectivity index (χ2v) is 1.57. The van der Waals surface area contributed by atoms with Crippen LogP contribution in [0.2, 0.25) is 0 Å². The van der Waals surface area contributed by atoms with Crippen molar-refractivity contribution in [2.75, 3.05) is 13.6 Å². The van der Waals surface area contributed by atoms with Gasteiger partial charge >= 0.3 is 6.03 Å². The molecule has 0 heterocycles. The maximum atomic E-state index is 10.1. The normalized spacial score (nSPS) is 8.56. The topological polar surface area (TPSA) is 86.5 Å². The smallest absolute Gasteiger partial charge is 0.314 e. The Morgan fingerprint density at radius 2 is 2.11 bits per heavy atom. The number of carboxylic acid groups (broad SMARTS) is 1. The molecule has 0 fully saturated rings. The molecule has 0 aromatic rings. The Hall–Kier alpha value is -1.26. The van der Waals surface area contributed by atoms with Crippen molar-refractivity contribution in [3.63, 3.8) is 0 Å². The first-order chi connectivity index (χ1) is 4.04. The van der Waals surface area contributed by atoms with Gasteiger partial charge in [0.15, 0.2) is 0 Å². The van der Waals surface area contributed by atoms with Gasteiger partial charge in [-0.05, 0) is 0 Å². The van der Waals surface area contributed by atoms with Crippen LogP contribution in [0.1, 0.15) is 0 Å². The Morgan fingerprint density at radius 3 is 2.22 bits per heavy atom. The maximum Gasteiger partial charge on any atom is 0.314 e. The third-order valence-electron chi connectivity index (χ3n) is 0.742. The van der Waals surface area contributed by atoms with E-state index in [2.05, 4.69) is 5.73 Å². The van der Waals surface area contributed by atoms with Crippen LogP contribution >= 0.6 is 0 Å². The van der Waals surface area contributed by atoms with Crippen LogP contribution in [0, 0.1) is 0 Å². The molecule has 2 amide bonds. The van der Waals surface area contributed by atoms with Gasteiger partial charge in [-0.15, -0.1) is 0 Å². The van der Waals surface area contributed by atoms with Gasteiger partial charge in [0, 0.05) is 7.05 Å². The first kappa shape index (κ1) is 7.74. The lowest BCUT2D eigenvalue weighted by atomic mass is 10.6. The van der Waals surface area contributed by atoms with Gasteiger partial charge in [-0.3, -0.25) is 0 Å². The minimum absolute atomic E-state index is 0.463. The second kappa shape index (κ2) is 2.91. The Balaban J connectivity index is 3.63. The van der Waals surface area contributed by atoms with E-state index in [1.165, 1.54) is 7.05 Å². The molecule has 0 saturated carbocycles. The van der Waals surface area contributed by atoms with Gasteiger partial charge in [0.05, 0.1) is 12.5 Å². The van der Waals surface area contributed by atoms with Gasteiger partial charge in [-0.25, -0.2) is 4.79 Å². The predicted molar refractivity (Wildman–Crippen MR) is 27.2 cm³/mol. The number of rotatable bonds is 2. The summed E-state index contributed by atoms with van der Waals surface area (Å²) in [5, 5.41) is 9.75. The SMILES string of the molecule is CN(CC(=O)[O-])C(N)=O. The number of likely N-dealkylation sites (N-methyl/N-ethyl adjacent to an activating group) is 1. The summed E-state index contributed by atoms with van der Waals surface area (Å²) in [5.41, 5.74) is 4.68. The predicted octanol–water partition coefficient (Wildman–Crippen LogP) is -2.25. The average molecular weight is 131 g/mol. The summed E-state index contributed by atoms with van der Waals surface area (Å²) in [6, 6.07) is -0.779. The largest absolute Gasteiger partial charge is 0.548 e. The van der Waals surface area contributed by atoms with E-state index in [1.54, 1.807) is 0 Å². The molecule has 0 unspecified atom stereocenters. The monoisotopic (exact) mass is 131 g/mol. The highest BCUT2D eigenvalue weighted by molar-refractivity contribution is 5.77. The molecule has 5 nitrogen and oxygen atoms in total. The van der Waals surface area contributed by atoms with Gasteiger partial charge < -0.3 is 20.5 Å². The number of carbonyl (C=O) groups excluding carboxylic acids is 2. The molecule has 9 heavy (non-hydrogen) atoms. The first-order valence-corrected chi connectivity index (χ1v) is 2.24. The number of carboxylic acids is 1. The van der Waals surface area contributed by atoms with Crippen molar-refractivity contribution in [3.05, 3.63) is 0 Å². The molecule has 0 aromatic heterocycles. The van der Waals surface area contributed by atoms with E-state index < -0.39 is 18.5 Å². The molecule has 0 aliphatic rings. The molecular weight excluding hydrogens is 124 g/mol. The van der Waals surface area contributed by atoms with E-state index in [-0.39, 0.29) is 0 Å². The van der Waals surface area contributed by atoms with E-state index >= 15 is 0 Å². The van der Waals surface area contributed by atoms with Crippen LogP contribution in [0.5, 0.6) is 0 Å². The number of nitrogens with zero attached hydrogens (tertiary/aromatic N) is 1. The van der Waals surface area contributed by atoms with Crippen LogP contribution < -0.4 is 10.8 Å². The first-order valence-electron chi connectivity index (χ1n) is 2.24. The van der Waals surface area contributed by atoms with E-state index in [4.69, 9.17) is 0 Å². The summed E-state index contributed by atoms with van der Waals surface area (Å²) in [5.74, 6) is -1.32. The summed E-state index contributed by atoms with van der Waals surface area (Å²) in [4.78, 5) is 20.7. The van der Waals surface area contributed by atoms with Gasteiger partial charge in [0.25, 0.3) is 0 Å². The molecule has 0 spiro atoms. The number of hydrogen-bond donors (Lipinski definition) is 1. The lowest BCUT2D eigenvalue weighted by Gasteiger charge is -2.13.